The normalized spacial score (nSPS) is 11.0. The number of nitrogens with zero attached hydrogens (tertiary/aromatic N) is 4. The van der Waals surface area contributed by atoms with E-state index in [1.54, 1.807) is 44.4 Å². The van der Waals surface area contributed by atoms with Gasteiger partial charge >= 0.3 is 0 Å². The predicted octanol–water partition coefficient (Wildman–Crippen LogP) is 4.51. The lowest BCUT2D eigenvalue weighted by Crippen LogP contribution is -2.28. The Morgan fingerprint density at radius 1 is 1.12 bits per heavy atom. The van der Waals surface area contributed by atoms with Crippen LogP contribution in [0.4, 0.5) is 4.39 Å². The number of aromatic nitrogens is 3. The second-order valence-corrected chi connectivity index (χ2v) is 8.96. The summed E-state index contributed by atoms with van der Waals surface area (Å²) in [6.45, 7) is 5.19. The van der Waals surface area contributed by atoms with Gasteiger partial charge in [0, 0.05) is 20.1 Å². The molecule has 33 heavy (non-hydrogen) atoms. The van der Waals surface area contributed by atoms with Crippen LogP contribution < -0.4 is 9.47 Å². The van der Waals surface area contributed by atoms with Crippen molar-refractivity contribution in [1.29, 1.82) is 0 Å². The van der Waals surface area contributed by atoms with Gasteiger partial charge in [-0.25, -0.2) is 4.39 Å². The Bertz CT molecular complexity index is 1100. The lowest BCUT2D eigenvalue weighted by Gasteiger charge is -2.18. The number of carbonyl (C=O) groups excluding carboxylic acids is 1. The van der Waals surface area contributed by atoms with Crippen molar-refractivity contribution in [2.24, 2.45) is 5.92 Å². The molecule has 176 valence electrons. The minimum atomic E-state index is -0.350. The molecular formula is C24H29FN4O3S. The number of amides is 1. The van der Waals surface area contributed by atoms with Crippen molar-refractivity contribution >= 4 is 17.7 Å². The maximum atomic E-state index is 14.4. The van der Waals surface area contributed by atoms with E-state index in [0.717, 1.165) is 5.56 Å². The Morgan fingerprint density at radius 2 is 1.85 bits per heavy atom. The summed E-state index contributed by atoms with van der Waals surface area (Å²) in [5, 5.41) is 9.07. The van der Waals surface area contributed by atoms with Crippen LogP contribution in [0.15, 0.2) is 47.6 Å². The molecule has 0 spiro atoms. The Labute approximate surface area is 197 Å². The zero-order valence-corrected chi connectivity index (χ0v) is 20.4. The predicted molar refractivity (Wildman–Crippen MR) is 127 cm³/mol. The molecule has 1 amide bonds. The third-order valence-electron chi connectivity index (χ3n) is 5.00. The number of halogens is 1. The highest BCUT2D eigenvalue weighted by atomic mass is 32.2. The van der Waals surface area contributed by atoms with Crippen LogP contribution >= 0.6 is 11.8 Å². The van der Waals surface area contributed by atoms with E-state index in [-0.39, 0.29) is 17.5 Å². The van der Waals surface area contributed by atoms with E-state index in [2.05, 4.69) is 24.0 Å². The zero-order valence-electron chi connectivity index (χ0n) is 19.5. The second kappa shape index (κ2) is 11.2. The fourth-order valence-corrected chi connectivity index (χ4v) is 4.23. The largest absolute Gasteiger partial charge is 0.493 e. The van der Waals surface area contributed by atoms with Crippen LogP contribution in [-0.2, 0) is 17.9 Å². The molecule has 0 bridgehead atoms. The first-order valence-corrected chi connectivity index (χ1v) is 11.6. The van der Waals surface area contributed by atoms with Gasteiger partial charge in [-0.2, -0.15) is 0 Å². The molecule has 9 heteroatoms. The highest BCUT2D eigenvalue weighted by Crippen LogP contribution is 2.29. The maximum absolute atomic E-state index is 14.4. The number of thioether (sulfide) groups is 1. The van der Waals surface area contributed by atoms with Crippen LogP contribution in [-0.4, -0.2) is 52.6 Å². The number of ether oxygens (including phenoxy) is 2. The van der Waals surface area contributed by atoms with E-state index in [4.69, 9.17) is 9.47 Å². The van der Waals surface area contributed by atoms with Crippen molar-refractivity contribution in [1.82, 2.24) is 19.7 Å². The van der Waals surface area contributed by atoms with Gasteiger partial charge in [0.15, 0.2) is 22.5 Å². The topological polar surface area (TPSA) is 69.5 Å². The third kappa shape index (κ3) is 6.04. The Hall–Kier alpha value is -3.07. The van der Waals surface area contributed by atoms with E-state index in [1.165, 1.54) is 17.8 Å². The SMILES string of the molecule is COc1ccc(CN(C)C(=O)CSc2nnc(-c3ccccc3F)n2CC(C)C)cc1OC. The molecule has 0 atom stereocenters. The lowest BCUT2D eigenvalue weighted by molar-refractivity contribution is -0.127. The third-order valence-corrected chi connectivity index (χ3v) is 5.95. The summed E-state index contributed by atoms with van der Waals surface area (Å²) in [4.78, 5) is 14.4. The summed E-state index contributed by atoms with van der Waals surface area (Å²) in [5.74, 6) is 1.81. The smallest absolute Gasteiger partial charge is 0.233 e. The van der Waals surface area contributed by atoms with Gasteiger partial charge in [-0.05, 0) is 35.7 Å². The first-order chi connectivity index (χ1) is 15.8. The van der Waals surface area contributed by atoms with E-state index in [1.807, 2.05) is 22.8 Å². The Balaban J connectivity index is 1.71. The van der Waals surface area contributed by atoms with Crippen molar-refractivity contribution in [3.63, 3.8) is 0 Å². The number of hydrogen-bond donors (Lipinski definition) is 0. The fourth-order valence-electron chi connectivity index (χ4n) is 3.34. The van der Waals surface area contributed by atoms with Gasteiger partial charge in [-0.1, -0.05) is 43.8 Å². The van der Waals surface area contributed by atoms with Crippen molar-refractivity contribution < 1.29 is 18.7 Å². The molecule has 0 saturated heterocycles. The summed E-state index contributed by atoms with van der Waals surface area (Å²) < 4.78 is 26.9. The molecular weight excluding hydrogens is 443 g/mol. The van der Waals surface area contributed by atoms with Gasteiger partial charge in [0.2, 0.25) is 5.91 Å². The van der Waals surface area contributed by atoms with Crippen molar-refractivity contribution in [3.8, 4) is 22.9 Å². The van der Waals surface area contributed by atoms with Crippen molar-refractivity contribution in [3.05, 3.63) is 53.8 Å². The second-order valence-electron chi connectivity index (χ2n) is 8.02. The Morgan fingerprint density at radius 3 is 2.52 bits per heavy atom. The van der Waals surface area contributed by atoms with Crippen LogP contribution in [0, 0.1) is 11.7 Å². The molecule has 0 unspecified atom stereocenters. The standard InChI is InChI=1S/C24H29FN4O3S/c1-16(2)13-29-23(18-8-6-7-9-19(18)25)26-27-24(29)33-15-22(30)28(3)14-17-10-11-20(31-4)21(12-17)32-5/h6-12,16H,13-15H2,1-5H3. The average Bonchev–Trinajstić information content (AvgIpc) is 3.18. The van der Waals surface area contributed by atoms with Gasteiger partial charge in [0.05, 0.1) is 25.5 Å². The van der Waals surface area contributed by atoms with Crippen LogP contribution in [0.5, 0.6) is 11.5 Å². The molecule has 0 saturated carbocycles. The van der Waals surface area contributed by atoms with Gasteiger partial charge in [0.25, 0.3) is 0 Å². The molecule has 3 rings (SSSR count). The number of benzene rings is 2. The van der Waals surface area contributed by atoms with Crippen molar-refractivity contribution in [2.75, 3.05) is 27.0 Å². The summed E-state index contributed by atoms with van der Waals surface area (Å²) in [5.41, 5.74) is 1.33. The van der Waals surface area contributed by atoms with E-state index >= 15 is 0 Å². The lowest BCUT2D eigenvalue weighted by atomic mass is 10.2. The minimum Gasteiger partial charge on any atom is -0.493 e. The summed E-state index contributed by atoms with van der Waals surface area (Å²) in [6.07, 6.45) is 0. The highest BCUT2D eigenvalue weighted by molar-refractivity contribution is 7.99. The Kier molecular flexibility index (Phi) is 8.32. The minimum absolute atomic E-state index is 0.0543. The quantitative estimate of drug-likeness (QED) is 0.405. The molecule has 0 aliphatic carbocycles. The molecule has 2 aromatic carbocycles. The van der Waals surface area contributed by atoms with Crippen LogP contribution in [0.25, 0.3) is 11.4 Å². The number of rotatable bonds is 10. The van der Waals surface area contributed by atoms with E-state index in [0.29, 0.717) is 47.1 Å². The first kappa shape index (κ1) is 24.6. The zero-order chi connectivity index (χ0) is 24.0. The number of methoxy groups -OCH3 is 2. The fraction of sp³-hybridized carbons (Fsp3) is 0.375. The van der Waals surface area contributed by atoms with Gasteiger partial charge in [0.1, 0.15) is 5.82 Å². The summed E-state index contributed by atoms with van der Waals surface area (Å²) in [7, 11) is 4.92. The molecule has 0 aliphatic heterocycles. The molecule has 0 radical (unpaired) electrons. The van der Waals surface area contributed by atoms with Gasteiger partial charge < -0.3 is 18.9 Å². The summed E-state index contributed by atoms with van der Waals surface area (Å²) in [6, 6.07) is 12.1. The molecule has 7 nitrogen and oxygen atoms in total. The van der Waals surface area contributed by atoms with Crippen LogP contribution in [0.2, 0.25) is 0 Å². The summed E-state index contributed by atoms with van der Waals surface area (Å²) >= 11 is 1.30. The van der Waals surface area contributed by atoms with E-state index in [9.17, 15) is 9.18 Å². The number of hydrogen-bond acceptors (Lipinski definition) is 6. The van der Waals surface area contributed by atoms with E-state index < -0.39 is 0 Å². The van der Waals surface area contributed by atoms with Crippen LogP contribution in [0.3, 0.4) is 0 Å². The molecule has 0 N–H and O–H groups in total. The first-order valence-electron chi connectivity index (χ1n) is 10.6. The van der Waals surface area contributed by atoms with Crippen LogP contribution in [0.1, 0.15) is 19.4 Å². The van der Waals surface area contributed by atoms with Gasteiger partial charge in [-0.15, -0.1) is 10.2 Å². The number of carbonyl (C=O) groups is 1. The van der Waals surface area contributed by atoms with Crippen molar-refractivity contribution in [2.45, 2.75) is 32.1 Å². The highest BCUT2D eigenvalue weighted by Gasteiger charge is 2.20. The molecule has 0 fully saturated rings. The van der Waals surface area contributed by atoms with Gasteiger partial charge in [-0.3, -0.25) is 4.79 Å². The molecule has 1 heterocycles. The monoisotopic (exact) mass is 472 g/mol. The molecule has 0 aliphatic rings. The molecule has 1 aromatic heterocycles. The molecule has 3 aromatic rings. The average molecular weight is 473 g/mol. The maximum Gasteiger partial charge on any atom is 0.233 e.